The Bertz CT molecular complexity index is 511. The van der Waals surface area contributed by atoms with Crippen molar-refractivity contribution in [2.75, 3.05) is 7.11 Å². The Balaban J connectivity index is 2.63. The van der Waals surface area contributed by atoms with E-state index in [0.717, 1.165) is 21.3 Å². The summed E-state index contributed by atoms with van der Waals surface area (Å²) in [7, 11) is 1.68. The molecule has 2 rings (SSSR count). The summed E-state index contributed by atoms with van der Waals surface area (Å²) >= 11 is 3.50. The van der Waals surface area contributed by atoms with Gasteiger partial charge in [-0.1, -0.05) is 11.6 Å². The monoisotopic (exact) mass is 277 g/mol. The number of hydrogen-bond donors (Lipinski definition) is 0. The normalized spacial score (nSPS) is 10.2. The van der Waals surface area contributed by atoms with E-state index >= 15 is 0 Å². The summed E-state index contributed by atoms with van der Waals surface area (Å²) in [5, 5.41) is 0. The van der Waals surface area contributed by atoms with Crippen molar-refractivity contribution >= 4 is 15.9 Å². The molecule has 1 aromatic carbocycles. The third-order valence-electron chi connectivity index (χ3n) is 2.42. The molecule has 2 nitrogen and oxygen atoms in total. The molecule has 0 unspecified atom stereocenters. The minimum absolute atomic E-state index is 0.873. The highest BCUT2D eigenvalue weighted by Gasteiger charge is 2.08. The summed E-state index contributed by atoms with van der Waals surface area (Å²) in [5.41, 5.74) is 3.38. The SMILES string of the molecule is COc1ccc(C)cc1-c1ccncc1Br. The lowest BCUT2D eigenvalue weighted by Crippen LogP contribution is -1.90. The van der Waals surface area contributed by atoms with E-state index in [1.807, 2.05) is 18.2 Å². The van der Waals surface area contributed by atoms with Crippen LogP contribution >= 0.6 is 15.9 Å². The van der Waals surface area contributed by atoms with Crippen LogP contribution < -0.4 is 4.74 Å². The first-order chi connectivity index (χ1) is 7.72. The number of methoxy groups -OCH3 is 1. The van der Waals surface area contributed by atoms with Crippen LogP contribution in [-0.4, -0.2) is 12.1 Å². The minimum atomic E-state index is 0.873. The number of halogens is 1. The molecule has 0 bridgehead atoms. The van der Waals surface area contributed by atoms with E-state index in [1.54, 1.807) is 19.5 Å². The van der Waals surface area contributed by atoms with Crippen molar-refractivity contribution < 1.29 is 4.74 Å². The van der Waals surface area contributed by atoms with E-state index in [0.29, 0.717) is 0 Å². The fourth-order valence-corrected chi connectivity index (χ4v) is 2.09. The zero-order valence-corrected chi connectivity index (χ0v) is 10.8. The molecule has 2 aromatic rings. The lowest BCUT2D eigenvalue weighted by atomic mass is 10.0. The van der Waals surface area contributed by atoms with Gasteiger partial charge < -0.3 is 4.74 Å². The Morgan fingerprint density at radius 2 is 2.00 bits per heavy atom. The number of hydrogen-bond acceptors (Lipinski definition) is 2. The van der Waals surface area contributed by atoms with Gasteiger partial charge in [-0.3, -0.25) is 4.98 Å². The molecule has 82 valence electrons. The Labute approximate surface area is 103 Å². The van der Waals surface area contributed by atoms with Crippen LogP contribution in [0.5, 0.6) is 5.75 Å². The van der Waals surface area contributed by atoms with Crippen LogP contribution in [0.25, 0.3) is 11.1 Å². The second-order valence-electron chi connectivity index (χ2n) is 3.56. The van der Waals surface area contributed by atoms with Crippen LogP contribution in [0.15, 0.2) is 41.1 Å². The van der Waals surface area contributed by atoms with E-state index in [1.165, 1.54) is 5.56 Å². The topological polar surface area (TPSA) is 22.1 Å². The van der Waals surface area contributed by atoms with Gasteiger partial charge in [0, 0.05) is 28.0 Å². The number of aryl methyl sites for hydroxylation is 1. The lowest BCUT2D eigenvalue weighted by Gasteiger charge is -2.10. The van der Waals surface area contributed by atoms with E-state index in [4.69, 9.17) is 4.74 Å². The van der Waals surface area contributed by atoms with E-state index in [-0.39, 0.29) is 0 Å². The van der Waals surface area contributed by atoms with E-state index < -0.39 is 0 Å². The molecule has 0 N–H and O–H groups in total. The van der Waals surface area contributed by atoms with Gasteiger partial charge in [-0.15, -0.1) is 0 Å². The maximum atomic E-state index is 5.37. The number of pyridine rings is 1. The maximum Gasteiger partial charge on any atom is 0.126 e. The van der Waals surface area contributed by atoms with Gasteiger partial charge in [-0.25, -0.2) is 0 Å². The molecular formula is C13H12BrNO. The summed E-state index contributed by atoms with van der Waals surface area (Å²) in [6, 6.07) is 8.11. The fourth-order valence-electron chi connectivity index (χ4n) is 1.63. The largest absolute Gasteiger partial charge is 0.496 e. The number of rotatable bonds is 2. The molecule has 0 saturated carbocycles. The van der Waals surface area contributed by atoms with Crippen molar-refractivity contribution in [2.45, 2.75) is 6.92 Å². The Morgan fingerprint density at radius 3 is 2.69 bits per heavy atom. The van der Waals surface area contributed by atoms with E-state index in [9.17, 15) is 0 Å². The molecule has 0 aliphatic heterocycles. The molecule has 16 heavy (non-hydrogen) atoms. The first-order valence-corrected chi connectivity index (χ1v) is 5.76. The van der Waals surface area contributed by atoms with Gasteiger partial charge >= 0.3 is 0 Å². The molecule has 0 aliphatic rings. The maximum absolute atomic E-state index is 5.37. The number of nitrogens with zero attached hydrogens (tertiary/aromatic N) is 1. The summed E-state index contributed by atoms with van der Waals surface area (Å²) < 4.78 is 6.34. The molecule has 3 heteroatoms. The summed E-state index contributed by atoms with van der Waals surface area (Å²) in [4.78, 5) is 4.06. The molecule has 0 saturated heterocycles. The smallest absolute Gasteiger partial charge is 0.126 e. The summed E-state index contributed by atoms with van der Waals surface area (Å²) in [5.74, 6) is 0.873. The third-order valence-corrected chi connectivity index (χ3v) is 3.05. The number of aromatic nitrogens is 1. The first-order valence-electron chi connectivity index (χ1n) is 4.97. The summed E-state index contributed by atoms with van der Waals surface area (Å²) in [6.45, 7) is 2.07. The molecule has 0 atom stereocenters. The van der Waals surface area contributed by atoms with Gasteiger partial charge in [0.2, 0.25) is 0 Å². The molecule has 1 heterocycles. The predicted octanol–water partition coefficient (Wildman–Crippen LogP) is 3.83. The minimum Gasteiger partial charge on any atom is -0.496 e. The fraction of sp³-hybridized carbons (Fsp3) is 0.154. The van der Waals surface area contributed by atoms with Crippen molar-refractivity contribution in [1.29, 1.82) is 0 Å². The Morgan fingerprint density at radius 1 is 1.19 bits per heavy atom. The quantitative estimate of drug-likeness (QED) is 0.833. The first kappa shape index (κ1) is 11.1. The predicted molar refractivity (Wildman–Crippen MR) is 68.7 cm³/mol. The number of benzene rings is 1. The zero-order valence-electron chi connectivity index (χ0n) is 9.20. The van der Waals surface area contributed by atoms with Crippen LogP contribution in [0.4, 0.5) is 0 Å². The van der Waals surface area contributed by atoms with Crippen molar-refractivity contribution in [3.8, 4) is 16.9 Å². The highest BCUT2D eigenvalue weighted by molar-refractivity contribution is 9.10. The van der Waals surface area contributed by atoms with Gasteiger partial charge in [-0.2, -0.15) is 0 Å². The van der Waals surface area contributed by atoms with Crippen molar-refractivity contribution in [2.24, 2.45) is 0 Å². The van der Waals surface area contributed by atoms with Gasteiger partial charge in [0.1, 0.15) is 5.75 Å². The van der Waals surface area contributed by atoms with Crippen LogP contribution in [0.3, 0.4) is 0 Å². The highest BCUT2D eigenvalue weighted by Crippen LogP contribution is 2.34. The average Bonchev–Trinajstić information content (AvgIpc) is 2.29. The molecule has 0 radical (unpaired) electrons. The average molecular weight is 278 g/mol. The Kier molecular flexibility index (Phi) is 3.25. The van der Waals surface area contributed by atoms with Crippen molar-refractivity contribution in [3.63, 3.8) is 0 Å². The second-order valence-corrected chi connectivity index (χ2v) is 4.41. The number of ether oxygens (including phenoxy) is 1. The molecule has 0 amide bonds. The third kappa shape index (κ3) is 2.09. The molecular weight excluding hydrogens is 266 g/mol. The van der Waals surface area contributed by atoms with Crippen molar-refractivity contribution in [1.82, 2.24) is 4.98 Å². The zero-order chi connectivity index (χ0) is 11.5. The van der Waals surface area contributed by atoms with Crippen LogP contribution in [-0.2, 0) is 0 Å². The van der Waals surface area contributed by atoms with Crippen molar-refractivity contribution in [3.05, 3.63) is 46.7 Å². The standard InChI is InChI=1S/C13H12BrNO/c1-9-3-4-13(16-2)11(7-9)10-5-6-15-8-12(10)14/h3-8H,1-2H3. The molecule has 0 spiro atoms. The van der Waals surface area contributed by atoms with E-state index in [2.05, 4.69) is 33.9 Å². The van der Waals surface area contributed by atoms with Crippen LogP contribution in [0.2, 0.25) is 0 Å². The molecule has 1 aromatic heterocycles. The van der Waals surface area contributed by atoms with Gasteiger partial charge in [-0.05, 0) is 41.1 Å². The van der Waals surface area contributed by atoms with Crippen LogP contribution in [0, 0.1) is 6.92 Å². The molecule has 0 fully saturated rings. The lowest BCUT2D eigenvalue weighted by molar-refractivity contribution is 0.416. The van der Waals surface area contributed by atoms with Crippen LogP contribution in [0.1, 0.15) is 5.56 Å². The van der Waals surface area contributed by atoms with Gasteiger partial charge in [0.05, 0.1) is 7.11 Å². The van der Waals surface area contributed by atoms with Gasteiger partial charge in [0.25, 0.3) is 0 Å². The second kappa shape index (κ2) is 4.66. The summed E-state index contributed by atoms with van der Waals surface area (Å²) in [6.07, 6.45) is 3.57. The molecule has 0 aliphatic carbocycles. The highest BCUT2D eigenvalue weighted by atomic mass is 79.9. The Hall–Kier alpha value is -1.35. The van der Waals surface area contributed by atoms with Gasteiger partial charge in [0.15, 0.2) is 0 Å².